The molecule has 1 N–H and O–H groups in total. The van der Waals surface area contributed by atoms with Gasteiger partial charge in [0.25, 0.3) is 0 Å². The molecule has 0 aliphatic heterocycles. The van der Waals surface area contributed by atoms with Crippen LogP contribution in [0.5, 0.6) is 0 Å². The minimum atomic E-state index is 0.773. The normalized spacial score (nSPS) is 16.3. The summed E-state index contributed by atoms with van der Waals surface area (Å²) in [6.45, 7) is 2.61. The molecule has 0 unspecified atom stereocenters. The fourth-order valence-electron chi connectivity index (χ4n) is 2.29. The van der Waals surface area contributed by atoms with E-state index in [-0.39, 0.29) is 0 Å². The number of rotatable bonds is 7. The Bertz CT molecular complexity index is 333. The summed E-state index contributed by atoms with van der Waals surface area (Å²) in [5.41, 5.74) is 1.35. The molecule has 2 nitrogen and oxygen atoms in total. The first kappa shape index (κ1) is 13.9. The summed E-state index contributed by atoms with van der Waals surface area (Å²) >= 11 is 2.05. The summed E-state index contributed by atoms with van der Waals surface area (Å²) < 4.78 is 5.01. The molecule has 2 rings (SSSR count). The van der Waals surface area contributed by atoms with E-state index in [0.717, 1.165) is 24.9 Å². The van der Waals surface area contributed by atoms with Gasteiger partial charge in [0.2, 0.25) is 0 Å². The SMILES string of the molecule is COCCNCc1ccc(SC2CCCC2)cc1. The second-order valence-corrected chi connectivity index (χ2v) is 6.21. The van der Waals surface area contributed by atoms with Crippen molar-refractivity contribution in [1.82, 2.24) is 5.32 Å². The van der Waals surface area contributed by atoms with Crippen LogP contribution in [-0.2, 0) is 11.3 Å². The Morgan fingerprint density at radius 3 is 2.61 bits per heavy atom. The van der Waals surface area contributed by atoms with Gasteiger partial charge < -0.3 is 10.1 Å². The molecule has 0 aromatic heterocycles. The predicted octanol–water partition coefficient (Wildman–Crippen LogP) is 3.46. The summed E-state index contributed by atoms with van der Waals surface area (Å²) in [7, 11) is 1.73. The lowest BCUT2D eigenvalue weighted by Crippen LogP contribution is -2.18. The van der Waals surface area contributed by atoms with Gasteiger partial charge >= 0.3 is 0 Å². The zero-order valence-electron chi connectivity index (χ0n) is 11.2. The van der Waals surface area contributed by atoms with Gasteiger partial charge in [0.1, 0.15) is 0 Å². The average molecular weight is 265 g/mol. The lowest BCUT2D eigenvalue weighted by molar-refractivity contribution is 0.199. The monoisotopic (exact) mass is 265 g/mol. The summed E-state index contributed by atoms with van der Waals surface area (Å²) in [5, 5.41) is 4.22. The first-order valence-corrected chi connectivity index (χ1v) is 7.71. The van der Waals surface area contributed by atoms with E-state index in [0.29, 0.717) is 0 Å². The van der Waals surface area contributed by atoms with Gasteiger partial charge in [-0.15, -0.1) is 11.8 Å². The third-order valence-electron chi connectivity index (χ3n) is 3.34. The molecule has 0 atom stereocenters. The van der Waals surface area contributed by atoms with E-state index in [2.05, 4.69) is 41.3 Å². The molecule has 0 radical (unpaired) electrons. The Labute approximate surface area is 114 Å². The third-order valence-corrected chi connectivity index (χ3v) is 4.69. The first-order valence-electron chi connectivity index (χ1n) is 6.84. The molecule has 100 valence electrons. The fraction of sp³-hybridized carbons (Fsp3) is 0.600. The highest BCUT2D eigenvalue weighted by atomic mass is 32.2. The Kier molecular flexibility index (Phi) is 6.05. The molecule has 1 aromatic carbocycles. The molecular weight excluding hydrogens is 242 g/mol. The smallest absolute Gasteiger partial charge is 0.0587 e. The zero-order valence-corrected chi connectivity index (χ0v) is 12.0. The quantitative estimate of drug-likeness (QED) is 0.763. The van der Waals surface area contributed by atoms with Gasteiger partial charge in [-0.05, 0) is 30.5 Å². The molecule has 0 amide bonds. The number of ether oxygens (including phenoxy) is 1. The maximum atomic E-state index is 5.01. The standard InChI is InChI=1S/C15H23NOS/c1-17-11-10-16-12-13-6-8-15(9-7-13)18-14-4-2-3-5-14/h6-9,14,16H,2-5,10-12H2,1H3. The molecule has 1 saturated carbocycles. The maximum Gasteiger partial charge on any atom is 0.0587 e. The Hall–Kier alpha value is -0.510. The minimum Gasteiger partial charge on any atom is -0.383 e. The second kappa shape index (κ2) is 7.82. The van der Waals surface area contributed by atoms with Gasteiger partial charge in [-0.3, -0.25) is 0 Å². The second-order valence-electron chi connectivity index (χ2n) is 4.84. The molecule has 0 heterocycles. The van der Waals surface area contributed by atoms with Gasteiger partial charge in [0, 0.05) is 30.3 Å². The number of methoxy groups -OCH3 is 1. The lowest BCUT2D eigenvalue weighted by atomic mass is 10.2. The van der Waals surface area contributed by atoms with E-state index in [1.165, 1.54) is 36.1 Å². The van der Waals surface area contributed by atoms with E-state index >= 15 is 0 Å². The van der Waals surface area contributed by atoms with Gasteiger partial charge in [-0.2, -0.15) is 0 Å². The molecule has 1 aliphatic carbocycles. The van der Waals surface area contributed by atoms with Crippen LogP contribution in [-0.4, -0.2) is 25.5 Å². The summed E-state index contributed by atoms with van der Waals surface area (Å²) in [6.07, 6.45) is 5.62. The van der Waals surface area contributed by atoms with E-state index < -0.39 is 0 Å². The van der Waals surface area contributed by atoms with Crippen molar-refractivity contribution in [2.24, 2.45) is 0 Å². The van der Waals surface area contributed by atoms with E-state index in [9.17, 15) is 0 Å². The number of hydrogen-bond donors (Lipinski definition) is 1. The van der Waals surface area contributed by atoms with Crippen molar-refractivity contribution in [3.05, 3.63) is 29.8 Å². The van der Waals surface area contributed by atoms with Gasteiger partial charge in [0.15, 0.2) is 0 Å². The number of benzene rings is 1. The molecule has 1 fully saturated rings. The predicted molar refractivity (Wildman–Crippen MR) is 78.1 cm³/mol. The maximum absolute atomic E-state index is 5.01. The van der Waals surface area contributed by atoms with Crippen molar-refractivity contribution in [2.45, 2.75) is 42.4 Å². The summed E-state index contributed by atoms with van der Waals surface area (Å²) in [5.74, 6) is 0. The number of nitrogens with one attached hydrogen (secondary N) is 1. The highest BCUT2D eigenvalue weighted by molar-refractivity contribution is 8.00. The highest BCUT2D eigenvalue weighted by Gasteiger charge is 2.15. The van der Waals surface area contributed by atoms with Crippen LogP contribution in [0, 0.1) is 0 Å². The van der Waals surface area contributed by atoms with E-state index in [4.69, 9.17) is 4.74 Å². The number of thioether (sulfide) groups is 1. The van der Waals surface area contributed by atoms with Crippen LogP contribution in [0.4, 0.5) is 0 Å². The van der Waals surface area contributed by atoms with Crippen molar-refractivity contribution in [3.8, 4) is 0 Å². The van der Waals surface area contributed by atoms with Crippen LogP contribution >= 0.6 is 11.8 Å². The zero-order chi connectivity index (χ0) is 12.6. The van der Waals surface area contributed by atoms with Gasteiger partial charge in [-0.1, -0.05) is 25.0 Å². The van der Waals surface area contributed by atoms with Crippen molar-refractivity contribution < 1.29 is 4.74 Å². The summed E-state index contributed by atoms with van der Waals surface area (Å²) in [4.78, 5) is 1.42. The lowest BCUT2D eigenvalue weighted by Gasteiger charge is -2.09. The Morgan fingerprint density at radius 1 is 1.22 bits per heavy atom. The molecule has 0 saturated heterocycles. The van der Waals surface area contributed by atoms with E-state index in [1.807, 2.05) is 0 Å². The molecule has 3 heteroatoms. The average Bonchev–Trinajstić information content (AvgIpc) is 2.89. The van der Waals surface area contributed by atoms with Gasteiger partial charge in [0.05, 0.1) is 6.61 Å². The van der Waals surface area contributed by atoms with Crippen molar-refractivity contribution >= 4 is 11.8 Å². The van der Waals surface area contributed by atoms with Gasteiger partial charge in [-0.25, -0.2) is 0 Å². The van der Waals surface area contributed by atoms with E-state index in [1.54, 1.807) is 7.11 Å². The third kappa shape index (κ3) is 4.63. The largest absolute Gasteiger partial charge is 0.383 e. The van der Waals surface area contributed by atoms with Crippen LogP contribution in [0.1, 0.15) is 31.2 Å². The molecule has 18 heavy (non-hydrogen) atoms. The molecule has 1 aliphatic rings. The topological polar surface area (TPSA) is 21.3 Å². The van der Waals surface area contributed by atoms with Crippen molar-refractivity contribution in [1.29, 1.82) is 0 Å². The minimum absolute atomic E-state index is 0.773. The van der Waals surface area contributed by atoms with Crippen molar-refractivity contribution in [3.63, 3.8) is 0 Å². The fourth-order valence-corrected chi connectivity index (χ4v) is 3.54. The van der Waals surface area contributed by atoms with Crippen LogP contribution in [0.3, 0.4) is 0 Å². The van der Waals surface area contributed by atoms with Crippen LogP contribution in [0.15, 0.2) is 29.2 Å². The molecule has 0 spiro atoms. The Morgan fingerprint density at radius 2 is 1.94 bits per heavy atom. The van der Waals surface area contributed by atoms with Crippen LogP contribution in [0.25, 0.3) is 0 Å². The summed E-state index contributed by atoms with van der Waals surface area (Å²) in [6, 6.07) is 8.99. The van der Waals surface area contributed by atoms with Crippen LogP contribution in [0.2, 0.25) is 0 Å². The molecular formula is C15H23NOS. The molecule has 0 bridgehead atoms. The number of hydrogen-bond acceptors (Lipinski definition) is 3. The highest BCUT2D eigenvalue weighted by Crippen LogP contribution is 2.34. The van der Waals surface area contributed by atoms with Crippen LogP contribution < -0.4 is 5.32 Å². The first-order chi connectivity index (χ1) is 8.88. The molecule has 1 aromatic rings. The van der Waals surface area contributed by atoms with Crippen molar-refractivity contribution in [2.75, 3.05) is 20.3 Å². The Balaban J connectivity index is 1.74.